The predicted molar refractivity (Wildman–Crippen MR) is 75.4 cm³/mol. The van der Waals surface area contributed by atoms with E-state index in [1.54, 1.807) is 7.11 Å². The highest BCUT2D eigenvalue weighted by atomic mass is 79.9. The normalized spacial score (nSPS) is 10.0. The standard InChI is InChI=1S/C14H19BrO2/c1-3-6-12-7-8-13(14(11-12)16-2)17-10-5-4-9-15/h3,7-8,11H,1,4-6,9-10H2,2H3. The van der Waals surface area contributed by atoms with Gasteiger partial charge in [0.25, 0.3) is 0 Å². The molecule has 0 aliphatic carbocycles. The van der Waals surface area contributed by atoms with E-state index in [9.17, 15) is 0 Å². The number of ether oxygens (including phenoxy) is 2. The first-order valence-electron chi connectivity index (χ1n) is 5.78. The second kappa shape index (κ2) is 8.18. The van der Waals surface area contributed by atoms with Crippen molar-refractivity contribution in [1.29, 1.82) is 0 Å². The van der Waals surface area contributed by atoms with Gasteiger partial charge in [0.05, 0.1) is 13.7 Å². The predicted octanol–water partition coefficient (Wildman–Crippen LogP) is 3.98. The number of alkyl halides is 1. The summed E-state index contributed by atoms with van der Waals surface area (Å²) in [5.74, 6) is 1.61. The van der Waals surface area contributed by atoms with Gasteiger partial charge in [-0.2, -0.15) is 0 Å². The maximum Gasteiger partial charge on any atom is 0.161 e. The molecule has 0 N–H and O–H groups in total. The van der Waals surface area contributed by atoms with Crippen molar-refractivity contribution in [3.8, 4) is 11.5 Å². The van der Waals surface area contributed by atoms with Crippen LogP contribution in [0.5, 0.6) is 11.5 Å². The summed E-state index contributed by atoms with van der Waals surface area (Å²) in [7, 11) is 1.67. The Hall–Kier alpha value is -0.960. The van der Waals surface area contributed by atoms with Crippen molar-refractivity contribution >= 4 is 15.9 Å². The molecule has 0 radical (unpaired) electrons. The number of methoxy groups -OCH3 is 1. The van der Waals surface area contributed by atoms with E-state index in [1.807, 2.05) is 24.3 Å². The number of rotatable bonds is 8. The molecule has 1 aromatic rings. The molecule has 2 nitrogen and oxygen atoms in total. The molecule has 0 unspecified atom stereocenters. The highest BCUT2D eigenvalue weighted by Crippen LogP contribution is 2.28. The summed E-state index contributed by atoms with van der Waals surface area (Å²) in [4.78, 5) is 0. The van der Waals surface area contributed by atoms with Crippen molar-refractivity contribution in [2.24, 2.45) is 0 Å². The average molecular weight is 299 g/mol. The summed E-state index contributed by atoms with van der Waals surface area (Å²) in [6.07, 6.45) is 4.89. The van der Waals surface area contributed by atoms with Gasteiger partial charge in [0.15, 0.2) is 11.5 Å². The van der Waals surface area contributed by atoms with Gasteiger partial charge in [-0.05, 0) is 37.0 Å². The second-order valence-electron chi connectivity index (χ2n) is 3.72. The van der Waals surface area contributed by atoms with Crippen LogP contribution in [0.2, 0.25) is 0 Å². The quantitative estimate of drug-likeness (QED) is 0.411. The van der Waals surface area contributed by atoms with Gasteiger partial charge in [0.1, 0.15) is 0 Å². The van der Waals surface area contributed by atoms with E-state index in [-0.39, 0.29) is 0 Å². The van der Waals surface area contributed by atoms with Crippen LogP contribution >= 0.6 is 15.9 Å². The first-order chi connectivity index (χ1) is 8.31. The lowest BCUT2D eigenvalue weighted by Gasteiger charge is -2.11. The highest BCUT2D eigenvalue weighted by Gasteiger charge is 2.04. The molecule has 0 fully saturated rings. The third kappa shape index (κ3) is 4.82. The van der Waals surface area contributed by atoms with Crippen LogP contribution in [0.15, 0.2) is 30.9 Å². The van der Waals surface area contributed by atoms with Crippen molar-refractivity contribution in [3.05, 3.63) is 36.4 Å². The van der Waals surface area contributed by atoms with Crippen LogP contribution in [0, 0.1) is 0 Å². The molecule has 1 aromatic carbocycles. The topological polar surface area (TPSA) is 18.5 Å². The average Bonchev–Trinajstić information content (AvgIpc) is 2.36. The number of allylic oxidation sites excluding steroid dienone is 1. The van der Waals surface area contributed by atoms with Gasteiger partial charge < -0.3 is 9.47 Å². The van der Waals surface area contributed by atoms with Gasteiger partial charge in [-0.3, -0.25) is 0 Å². The maximum atomic E-state index is 5.69. The van der Waals surface area contributed by atoms with Gasteiger partial charge in [0, 0.05) is 5.33 Å². The third-order valence-corrected chi connectivity index (χ3v) is 2.95. The monoisotopic (exact) mass is 298 g/mol. The van der Waals surface area contributed by atoms with E-state index < -0.39 is 0 Å². The smallest absolute Gasteiger partial charge is 0.161 e. The van der Waals surface area contributed by atoms with Crippen LogP contribution in [0.1, 0.15) is 18.4 Å². The summed E-state index contributed by atoms with van der Waals surface area (Å²) in [5, 5.41) is 1.02. The fraction of sp³-hybridized carbons (Fsp3) is 0.429. The molecule has 0 saturated heterocycles. The van der Waals surface area contributed by atoms with Crippen LogP contribution < -0.4 is 9.47 Å². The number of halogens is 1. The number of benzene rings is 1. The van der Waals surface area contributed by atoms with E-state index in [0.717, 1.165) is 42.7 Å². The molecular weight excluding hydrogens is 280 g/mol. The van der Waals surface area contributed by atoms with Crippen molar-refractivity contribution in [2.75, 3.05) is 19.0 Å². The minimum absolute atomic E-state index is 0.725. The number of hydrogen-bond donors (Lipinski definition) is 0. The van der Waals surface area contributed by atoms with Crippen LogP contribution in [-0.4, -0.2) is 19.0 Å². The Morgan fingerprint density at radius 1 is 1.29 bits per heavy atom. The summed E-state index contributed by atoms with van der Waals surface area (Å²) in [6, 6.07) is 6.01. The Balaban J connectivity index is 2.61. The molecule has 0 aliphatic heterocycles. The zero-order valence-corrected chi connectivity index (χ0v) is 11.8. The van der Waals surface area contributed by atoms with Crippen LogP contribution in [-0.2, 0) is 6.42 Å². The Labute approximate surface area is 112 Å². The molecule has 0 heterocycles. The molecule has 0 spiro atoms. The molecule has 0 bridgehead atoms. The zero-order chi connectivity index (χ0) is 12.5. The fourth-order valence-electron chi connectivity index (χ4n) is 1.50. The molecule has 1 rings (SSSR count). The molecule has 0 aromatic heterocycles. The molecule has 0 saturated carbocycles. The van der Waals surface area contributed by atoms with Crippen molar-refractivity contribution in [2.45, 2.75) is 19.3 Å². The lowest BCUT2D eigenvalue weighted by molar-refractivity contribution is 0.288. The number of hydrogen-bond acceptors (Lipinski definition) is 2. The van der Waals surface area contributed by atoms with Gasteiger partial charge in [-0.1, -0.05) is 28.1 Å². The summed E-state index contributed by atoms with van der Waals surface area (Å²) >= 11 is 3.40. The van der Waals surface area contributed by atoms with E-state index >= 15 is 0 Å². The molecular formula is C14H19BrO2. The maximum absolute atomic E-state index is 5.69. The first kappa shape index (κ1) is 14.1. The van der Waals surface area contributed by atoms with Crippen molar-refractivity contribution < 1.29 is 9.47 Å². The Bertz CT molecular complexity index is 350. The first-order valence-corrected chi connectivity index (χ1v) is 6.90. The summed E-state index contributed by atoms with van der Waals surface area (Å²) in [6.45, 7) is 4.45. The Morgan fingerprint density at radius 3 is 2.76 bits per heavy atom. The SMILES string of the molecule is C=CCc1ccc(OCCCCBr)c(OC)c1. The largest absolute Gasteiger partial charge is 0.493 e. The van der Waals surface area contributed by atoms with E-state index in [1.165, 1.54) is 5.56 Å². The van der Waals surface area contributed by atoms with E-state index in [4.69, 9.17) is 9.47 Å². The van der Waals surface area contributed by atoms with Crippen LogP contribution in [0.4, 0.5) is 0 Å². The van der Waals surface area contributed by atoms with Crippen molar-refractivity contribution in [1.82, 2.24) is 0 Å². The van der Waals surface area contributed by atoms with Gasteiger partial charge in [-0.15, -0.1) is 6.58 Å². The molecule has 0 amide bonds. The van der Waals surface area contributed by atoms with Gasteiger partial charge >= 0.3 is 0 Å². The van der Waals surface area contributed by atoms with Gasteiger partial charge in [0.2, 0.25) is 0 Å². The van der Waals surface area contributed by atoms with E-state index in [0.29, 0.717) is 0 Å². The molecule has 3 heteroatoms. The second-order valence-corrected chi connectivity index (χ2v) is 4.52. The molecule has 0 aliphatic rings. The molecule has 17 heavy (non-hydrogen) atoms. The van der Waals surface area contributed by atoms with Crippen molar-refractivity contribution in [3.63, 3.8) is 0 Å². The molecule has 94 valence electrons. The fourth-order valence-corrected chi connectivity index (χ4v) is 1.90. The third-order valence-electron chi connectivity index (χ3n) is 2.39. The summed E-state index contributed by atoms with van der Waals surface area (Å²) < 4.78 is 11.0. The Morgan fingerprint density at radius 2 is 2.12 bits per heavy atom. The van der Waals surface area contributed by atoms with Crippen LogP contribution in [0.25, 0.3) is 0 Å². The Kier molecular flexibility index (Phi) is 6.78. The summed E-state index contributed by atoms with van der Waals surface area (Å²) in [5.41, 5.74) is 1.18. The lowest BCUT2D eigenvalue weighted by Crippen LogP contribution is -2.00. The number of unbranched alkanes of at least 4 members (excludes halogenated alkanes) is 1. The lowest BCUT2D eigenvalue weighted by atomic mass is 10.1. The van der Waals surface area contributed by atoms with Crippen LogP contribution in [0.3, 0.4) is 0 Å². The molecule has 0 atom stereocenters. The minimum atomic E-state index is 0.725. The van der Waals surface area contributed by atoms with Gasteiger partial charge in [-0.25, -0.2) is 0 Å². The minimum Gasteiger partial charge on any atom is -0.493 e. The zero-order valence-electron chi connectivity index (χ0n) is 10.2. The highest BCUT2D eigenvalue weighted by molar-refractivity contribution is 9.09. The van der Waals surface area contributed by atoms with E-state index in [2.05, 4.69) is 22.5 Å².